The van der Waals surface area contributed by atoms with Gasteiger partial charge in [-0.25, -0.2) is 4.79 Å². The first-order valence-corrected chi connectivity index (χ1v) is 5.88. The number of allylic oxidation sites excluding steroid dienone is 2. The van der Waals surface area contributed by atoms with Crippen LogP contribution in [0, 0.1) is 0 Å². The van der Waals surface area contributed by atoms with Gasteiger partial charge in [0.25, 0.3) is 0 Å². The van der Waals surface area contributed by atoms with Crippen molar-refractivity contribution in [3.05, 3.63) is 53.8 Å². The number of ether oxygens (including phenoxy) is 1. The molecule has 0 spiro atoms. The lowest BCUT2D eigenvalue weighted by Crippen LogP contribution is -2.32. The molecule has 94 valence electrons. The van der Waals surface area contributed by atoms with E-state index < -0.39 is 10.8 Å². The fourth-order valence-electron chi connectivity index (χ4n) is 1.91. The molecule has 2 rings (SSSR count). The lowest BCUT2D eigenvalue weighted by molar-refractivity contribution is -0.138. The summed E-state index contributed by atoms with van der Waals surface area (Å²) >= 11 is 6.13. The molecule has 0 heterocycles. The molecule has 18 heavy (non-hydrogen) atoms. The molecule has 1 atom stereocenters. The van der Waals surface area contributed by atoms with Gasteiger partial charge >= 0.3 is 5.97 Å². The molecule has 1 aliphatic carbocycles. The Morgan fingerprint density at radius 1 is 1.39 bits per heavy atom. The average Bonchev–Trinajstić information content (AvgIpc) is 2.39. The summed E-state index contributed by atoms with van der Waals surface area (Å²) in [5.74, 6) is -0.599. The molecular formula is C14H13ClO3. The molecule has 0 fully saturated rings. The molecule has 0 bridgehead atoms. The maximum atomic E-state index is 11.3. The largest absolute Gasteiger partial charge is 0.497 e. The highest BCUT2D eigenvalue weighted by Gasteiger charge is 2.38. The Morgan fingerprint density at radius 3 is 2.61 bits per heavy atom. The van der Waals surface area contributed by atoms with Crippen LogP contribution in [0.15, 0.2) is 48.2 Å². The number of carboxylic acid groups (broad SMARTS) is 1. The predicted octanol–water partition coefficient (Wildman–Crippen LogP) is 3.07. The Morgan fingerprint density at radius 2 is 2.06 bits per heavy atom. The van der Waals surface area contributed by atoms with Crippen LogP contribution in [0.2, 0.25) is 0 Å². The second kappa shape index (κ2) is 4.86. The van der Waals surface area contributed by atoms with Crippen molar-refractivity contribution in [1.29, 1.82) is 0 Å². The summed E-state index contributed by atoms with van der Waals surface area (Å²) in [6.07, 6.45) is 3.49. The lowest BCUT2D eigenvalue weighted by Gasteiger charge is -2.25. The van der Waals surface area contributed by atoms with Crippen LogP contribution in [0.25, 0.3) is 5.57 Å². The molecular weight excluding hydrogens is 252 g/mol. The highest BCUT2D eigenvalue weighted by molar-refractivity contribution is 6.36. The third-order valence-corrected chi connectivity index (χ3v) is 3.28. The number of carboxylic acids is 1. The summed E-state index contributed by atoms with van der Waals surface area (Å²) in [5, 5.41) is 9.22. The van der Waals surface area contributed by atoms with Gasteiger partial charge in [0.15, 0.2) is 4.87 Å². The summed E-state index contributed by atoms with van der Waals surface area (Å²) in [4.78, 5) is 9.82. The van der Waals surface area contributed by atoms with Crippen molar-refractivity contribution in [2.45, 2.75) is 11.3 Å². The van der Waals surface area contributed by atoms with E-state index in [0.717, 1.165) is 11.1 Å². The fourth-order valence-corrected chi connectivity index (χ4v) is 2.16. The van der Waals surface area contributed by atoms with Gasteiger partial charge in [0.05, 0.1) is 7.11 Å². The number of methoxy groups -OCH3 is 1. The van der Waals surface area contributed by atoms with Crippen molar-refractivity contribution < 1.29 is 14.6 Å². The van der Waals surface area contributed by atoms with E-state index >= 15 is 0 Å². The van der Waals surface area contributed by atoms with Gasteiger partial charge in [-0.2, -0.15) is 0 Å². The number of carbonyl (C=O) groups is 1. The first-order valence-electron chi connectivity index (χ1n) is 5.50. The Bertz CT molecular complexity index is 519. The SMILES string of the molecule is COC1=CC(Cl)(C(=O)O)CC(c2ccccc2)=C1. The molecule has 0 radical (unpaired) electrons. The maximum Gasteiger partial charge on any atom is 0.329 e. The molecule has 0 saturated heterocycles. The second-order valence-corrected chi connectivity index (χ2v) is 4.81. The Balaban J connectivity index is 2.42. The normalized spacial score (nSPS) is 23.0. The zero-order valence-corrected chi connectivity index (χ0v) is 10.6. The number of halogens is 1. The molecule has 0 amide bonds. The van der Waals surface area contributed by atoms with Crippen LogP contribution in [0.5, 0.6) is 0 Å². The number of alkyl halides is 1. The van der Waals surface area contributed by atoms with Crippen LogP contribution in [0.1, 0.15) is 12.0 Å². The van der Waals surface area contributed by atoms with E-state index in [1.807, 2.05) is 36.4 Å². The molecule has 1 aliphatic rings. The molecule has 0 aromatic heterocycles. The highest BCUT2D eigenvalue weighted by Crippen LogP contribution is 2.37. The zero-order valence-electron chi connectivity index (χ0n) is 9.89. The van der Waals surface area contributed by atoms with E-state index in [1.54, 1.807) is 0 Å². The first-order chi connectivity index (χ1) is 8.55. The van der Waals surface area contributed by atoms with E-state index in [2.05, 4.69) is 0 Å². The van der Waals surface area contributed by atoms with Crippen molar-refractivity contribution in [2.75, 3.05) is 7.11 Å². The first kappa shape index (κ1) is 12.7. The lowest BCUT2D eigenvalue weighted by atomic mass is 9.88. The topological polar surface area (TPSA) is 46.5 Å². The summed E-state index contributed by atoms with van der Waals surface area (Å²) in [6, 6.07) is 9.55. The molecule has 1 aromatic rings. The minimum atomic E-state index is -1.44. The van der Waals surface area contributed by atoms with Gasteiger partial charge in [-0.1, -0.05) is 30.3 Å². The predicted molar refractivity (Wildman–Crippen MR) is 70.3 cm³/mol. The van der Waals surface area contributed by atoms with E-state index in [-0.39, 0.29) is 6.42 Å². The number of hydrogen-bond acceptors (Lipinski definition) is 2. The van der Waals surface area contributed by atoms with E-state index in [1.165, 1.54) is 13.2 Å². The van der Waals surface area contributed by atoms with Gasteiger partial charge in [0, 0.05) is 6.42 Å². The molecule has 0 saturated carbocycles. The maximum absolute atomic E-state index is 11.3. The summed E-state index contributed by atoms with van der Waals surface area (Å²) in [7, 11) is 1.50. The summed E-state index contributed by atoms with van der Waals surface area (Å²) in [5.41, 5.74) is 1.80. The van der Waals surface area contributed by atoms with Crippen LogP contribution >= 0.6 is 11.6 Å². The van der Waals surface area contributed by atoms with Gasteiger partial charge in [0.2, 0.25) is 0 Å². The van der Waals surface area contributed by atoms with Gasteiger partial charge < -0.3 is 9.84 Å². The van der Waals surface area contributed by atoms with Crippen molar-refractivity contribution in [1.82, 2.24) is 0 Å². The summed E-state index contributed by atoms with van der Waals surface area (Å²) < 4.78 is 5.13. The van der Waals surface area contributed by atoms with Crippen LogP contribution in [0.4, 0.5) is 0 Å². The molecule has 1 unspecified atom stereocenters. The minimum absolute atomic E-state index is 0.237. The van der Waals surface area contributed by atoms with Crippen molar-refractivity contribution in [3.8, 4) is 0 Å². The van der Waals surface area contributed by atoms with Crippen LogP contribution in [-0.2, 0) is 9.53 Å². The van der Waals surface area contributed by atoms with Crippen LogP contribution in [0.3, 0.4) is 0 Å². The number of hydrogen-bond donors (Lipinski definition) is 1. The number of aliphatic carboxylic acids is 1. The Hall–Kier alpha value is -1.74. The Labute approximate surface area is 110 Å². The average molecular weight is 265 g/mol. The second-order valence-electron chi connectivity index (χ2n) is 4.13. The smallest absolute Gasteiger partial charge is 0.329 e. The molecule has 4 heteroatoms. The fraction of sp³-hybridized carbons (Fsp3) is 0.214. The number of benzene rings is 1. The van der Waals surface area contributed by atoms with Crippen LogP contribution in [-0.4, -0.2) is 23.1 Å². The highest BCUT2D eigenvalue weighted by atomic mass is 35.5. The van der Waals surface area contributed by atoms with Gasteiger partial charge in [0.1, 0.15) is 5.76 Å². The van der Waals surface area contributed by atoms with Crippen molar-refractivity contribution in [2.24, 2.45) is 0 Å². The monoisotopic (exact) mass is 264 g/mol. The van der Waals surface area contributed by atoms with Crippen LogP contribution < -0.4 is 0 Å². The molecule has 0 aliphatic heterocycles. The van der Waals surface area contributed by atoms with Crippen molar-refractivity contribution in [3.63, 3.8) is 0 Å². The zero-order chi connectivity index (χ0) is 13.2. The third-order valence-electron chi connectivity index (χ3n) is 2.87. The Kier molecular flexibility index (Phi) is 3.43. The summed E-state index contributed by atoms with van der Waals surface area (Å²) in [6.45, 7) is 0. The van der Waals surface area contributed by atoms with Gasteiger partial charge in [-0.3, -0.25) is 0 Å². The standard InChI is InChI=1S/C14H13ClO3/c1-18-12-7-11(10-5-3-2-4-6-10)8-14(15,9-12)13(16)17/h2-7,9H,8H2,1H3,(H,16,17). The van der Waals surface area contributed by atoms with Gasteiger partial charge in [-0.05, 0) is 23.3 Å². The molecule has 1 aromatic carbocycles. The van der Waals surface area contributed by atoms with E-state index in [9.17, 15) is 9.90 Å². The van der Waals surface area contributed by atoms with E-state index in [0.29, 0.717) is 5.76 Å². The molecule has 3 nitrogen and oxygen atoms in total. The third kappa shape index (κ3) is 2.41. The van der Waals surface area contributed by atoms with Crippen molar-refractivity contribution >= 4 is 23.1 Å². The van der Waals surface area contributed by atoms with Gasteiger partial charge in [-0.15, -0.1) is 11.6 Å². The van der Waals surface area contributed by atoms with E-state index in [4.69, 9.17) is 16.3 Å². The quantitative estimate of drug-likeness (QED) is 0.854. The minimum Gasteiger partial charge on any atom is -0.497 e. The number of rotatable bonds is 3. The molecule has 1 N–H and O–H groups in total.